The van der Waals surface area contributed by atoms with E-state index < -0.39 is 0 Å². The van der Waals surface area contributed by atoms with Crippen LogP contribution in [0.5, 0.6) is 0 Å². The fraction of sp³-hybridized carbons (Fsp3) is 0.429. The topological polar surface area (TPSA) is 41.1 Å². The Morgan fingerprint density at radius 1 is 1.16 bits per heavy atom. The van der Waals surface area contributed by atoms with Gasteiger partial charge in [-0.2, -0.15) is 4.98 Å². The molecule has 0 radical (unpaired) electrons. The fourth-order valence-corrected chi connectivity index (χ4v) is 3.35. The standard InChI is InChI=1S/C21H26N4/c1-3-15-25(19-12-8-7-9-17(19)2)20-13-14-22-21(24-20)23-16-18-10-5-4-6-11-18/h7-9,12-14,18H,4-6,10-11,16H2,1-2H3,(H,22,23,24). The number of nitrogens with zero attached hydrogens (tertiary/aromatic N) is 3. The van der Waals surface area contributed by atoms with Gasteiger partial charge in [0.1, 0.15) is 5.82 Å². The smallest absolute Gasteiger partial charge is 0.224 e. The second-order valence-corrected chi connectivity index (χ2v) is 6.61. The summed E-state index contributed by atoms with van der Waals surface area (Å²) in [5.74, 6) is 5.21. The molecule has 3 rings (SSSR count). The molecule has 0 spiro atoms. The molecule has 4 heteroatoms. The molecular formula is C21H26N4. The van der Waals surface area contributed by atoms with Crippen molar-refractivity contribution in [3.63, 3.8) is 0 Å². The lowest BCUT2D eigenvalue weighted by atomic mass is 9.89. The molecule has 1 saturated carbocycles. The second kappa shape index (κ2) is 8.53. The van der Waals surface area contributed by atoms with Crippen LogP contribution in [-0.2, 0) is 0 Å². The van der Waals surface area contributed by atoms with Crippen LogP contribution in [0.1, 0.15) is 44.6 Å². The monoisotopic (exact) mass is 334 g/mol. The fourth-order valence-electron chi connectivity index (χ4n) is 3.35. The Morgan fingerprint density at radius 3 is 2.72 bits per heavy atom. The van der Waals surface area contributed by atoms with Crippen LogP contribution in [0.25, 0.3) is 0 Å². The maximum atomic E-state index is 4.69. The molecular weight excluding hydrogens is 308 g/mol. The van der Waals surface area contributed by atoms with E-state index in [1.54, 1.807) is 6.20 Å². The molecule has 4 nitrogen and oxygen atoms in total. The van der Waals surface area contributed by atoms with Crippen molar-refractivity contribution in [1.82, 2.24) is 9.97 Å². The predicted molar refractivity (Wildman–Crippen MR) is 104 cm³/mol. The first-order chi connectivity index (χ1) is 12.3. The number of para-hydroxylation sites is 1. The van der Waals surface area contributed by atoms with Gasteiger partial charge in [-0.15, -0.1) is 0 Å². The van der Waals surface area contributed by atoms with Crippen LogP contribution in [0, 0.1) is 24.8 Å². The molecule has 0 aliphatic heterocycles. The lowest BCUT2D eigenvalue weighted by Crippen LogP contribution is -2.19. The van der Waals surface area contributed by atoms with Gasteiger partial charge in [0.05, 0.1) is 5.69 Å². The van der Waals surface area contributed by atoms with Crippen molar-refractivity contribution in [1.29, 1.82) is 0 Å². The lowest BCUT2D eigenvalue weighted by molar-refractivity contribution is 0.373. The Hall–Kier alpha value is -2.54. The average molecular weight is 334 g/mol. The summed E-state index contributed by atoms with van der Waals surface area (Å²) >= 11 is 0. The summed E-state index contributed by atoms with van der Waals surface area (Å²) in [5.41, 5.74) is 2.22. The van der Waals surface area contributed by atoms with E-state index in [0.717, 1.165) is 24.0 Å². The van der Waals surface area contributed by atoms with Crippen molar-refractivity contribution >= 4 is 17.5 Å². The van der Waals surface area contributed by atoms with E-state index in [1.807, 2.05) is 30.0 Å². The molecule has 0 bridgehead atoms. The SMILES string of the molecule is CC#CN(c1ccnc(NCC2CCCCC2)n1)c1ccccc1C. The predicted octanol–water partition coefficient (Wildman–Crippen LogP) is 4.90. The van der Waals surface area contributed by atoms with Crippen LogP contribution in [0.4, 0.5) is 17.5 Å². The maximum absolute atomic E-state index is 4.69. The van der Waals surface area contributed by atoms with E-state index in [0.29, 0.717) is 5.95 Å². The van der Waals surface area contributed by atoms with Crippen LogP contribution in [-0.4, -0.2) is 16.5 Å². The van der Waals surface area contributed by atoms with Gasteiger partial charge in [-0.05, 0) is 44.2 Å². The third kappa shape index (κ3) is 4.51. The Bertz CT molecular complexity index is 754. The van der Waals surface area contributed by atoms with Gasteiger partial charge in [-0.1, -0.05) is 43.4 Å². The number of nitrogens with one attached hydrogen (secondary N) is 1. The van der Waals surface area contributed by atoms with Gasteiger partial charge < -0.3 is 5.32 Å². The van der Waals surface area contributed by atoms with Crippen molar-refractivity contribution in [2.75, 3.05) is 16.8 Å². The van der Waals surface area contributed by atoms with Crippen molar-refractivity contribution in [3.8, 4) is 12.0 Å². The quantitative estimate of drug-likeness (QED) is 0.624. The first kappa shape index (κ1) is 17.3. The molecule has 1 fully saturated rings. The molecule has 0 unspecified atom stereocenters. The minimum atomic E-state index is 0.680. The number of benzene rings is 1. The van der Waals surface area contributed by atoms with Gasteiger partial charge in [0.15, 0.2) is 0 Å². The summed E-state index contributed by atoms with van der Waals surface area (Å²) in [7, 11) is 0. The molecule has 1 aromatic carbocycles. The first-order valence-corrected chi connectivity index (χ1v) is 9.13. The normalized spacial score (nSPS) is 14.5. The minimum absolute atomic E-state index is 0.680. The summed E-state index contributed by atoms with van der Waals surface area (Å²) < 4.78 is 0. The molecule has 1 aromatic heterocycles. The van der Waals surface area contributed by atoms with Gasteiger partial charge in [0, 0.05) is 24.9 Å². The maximum Gasteiger partial charge on any atom is 0.224 e. The van der Waals surface area contributed by atoms with Crippen molar-refractivity contribution < 1.29 is 0 Å². The zero-order valence-electron chi connectivity index (χ0n) is 15.1. The van der Waals surface area contributed by atoms with Gasteiger partial charge in [-0.25, -0.2) is 4.98 Å². The lowest BCUT2D eigenvalue weighted by Gasteiger charge is -2.22. The molecule has 1 aliphatic rings. The highest BCUT2D eigenvalue weighted by atomic mass is 15.2. The summed E-state index contributed by atoms with van der Waals surface area (Å²) in [6, 6.07) is 13.3. The first-order valence-electron chi connectivity index (χ1n) is 9.13. The summed E-state index contributed by atoms with van der Waals surface area (Å²) in [5, 5.41) is 3.42. The van der Waals surface area contributed by atoms with E-state index in [4.69, 9.17) is 4.98 Å². The minimum Gasteiger partial charge on any atom is -0.354 e. The van der Waals surface area contributed by atoms with E-state index in [1.165, 1.54) is 37.7 Å². The number of rotatable bonds is 5. The number of hydrogen-bond donors (Lipinski definition) is 1. The van der Waals surface area contributed by atoms with Crippen LogP contribution in [0.3, 0.4) is 0 Å². The third-order valence-electron chi connectivity index (χ3n) is 4.72. The Kier molecular flexibility index (Phi) is 5.90. The van der Waals surface area contributed by atoms with Crippen LogP contribution >= 0.6 is 0 Å². The van der Waals surface area contributed by atoms with Gasteiger partial charge in [0.2, 0.25) is 5.95 Å². The van der Waals surface area contributed by atoms with Crippen LogP contribution in [0.2, 0.25) is 0 Å². The molecule has 2 aromatic rings. The van der Waals surface area contributed by atoms with E-state index in [-0.39, 0.29) is 0 Å². The highest BCUT2D eigenvalue weighted by Gasteiger charge is 2.15. The summed E-state index contributed by atoms with van der Waals surface area (Å²) in [6.07, 6.45) is 8.49. The van der Waals surface area contributed by atoms with Crippen molar-refractivity contribution in [3.05, 3.63) is 42.1 Å². The number of aromatic nitrogens is 2. The zero-order chi connectivity index (χ0) is 17.5. The Morgan fingerprint density at radius 2 is 1.96 bits per heavy atom. The van der Waals surface area contributed by atoms with Crippen LogP contribution < -0.4 is 10.2 Å². The largest absolute Gasteiger partial charge is 0.354 e. The molecule has 1 aliphatic carbocycles. The Balaban J connectivity index is 1.78. The van der Waals surface area contributed by atoms with Gasteiger partial charge in [0.25, 0.3) is 0 Å². The molecule has 0 saturated heterocycles. The summed E-state index contributed by atoms with van der Waals surface area (Å²) in [6.45, 7) is 4.88. The zero-order valence-corrected chi connectivity index (χ0v) is 15.1. The second-order valence-electron chi connectivity index (χ2n) is 6.61. The molecule has 130 valence electrons. The van der Waals surface area contributed by atoms with Crippen molar-refractivity contribution in [2.45, 2.75) is 46.0 Å². The molecule has 25 heavy (non-hydrogen) atoms. The highest BCUT2D eigenvalue weighted by Crippen LogP contribution is 2.27. The third-order valence-corrected chi connectivity index (χ3v) is 4.72. The van der Waals surface area contributed by atoms with Gasteiger partial charge >= 0.3 is 0 Å². The van der Waals surface area contributed by atoms with E-state index in [9.17, 15) is 0 Å². The average Bonchev–Trinajstić information content (AvgIpc) is 2.66. The number of anilines is 3. The summed E-state index contributed by atoms with van der Waals surface area (Å²) in [4.78, 5) is 11.0. The van der Waals surface area contributed by atoms with Crippen LogP contribution in [0.15, 0.2) is 36.5 Å². The molecule has 0 amide bonds. The molecule has 0 atom stereocenters. The van der Waals surface area contributed by atoms with Crippen molar-refractivity contribution in [2.24, 2.45) is 5.92 Å². The number of hydrogen-bond acceptors (Lipinski definition) is 4. The molecule has 1 heterocycles. The number of aryl methyl sites for hydroxylation is 1. The molecule has 1 N–H and O–H groups in total. The Labute approximate surface area is 150 Å². The highest BCUT2D eigenvalue weighted by molar-refractivity contribution is 5.68. The van der Waals surface area contributed by atoms with E-state index in [2.05, 4.69) is 41.3 Å². The van der Waals surface area contributed by atoms with Gasteiger partial charge in [-0.3, -0.25) is 4.90 Å². The van der Waals surface area contributed by atoms with E-state index >= 15 is 0 Å².